The summed E-state index contributed by atoms with van der Waals surface area (Å²) in [5.41, 5.74) is 1.94. The molecule has 2 aromatic carbocycles. The van der Waals surface area contributed by atoms with E-state index in [9.17, 15) is 9.59 Å². The predicted molar refractivity (Wildman–Crippen MR) is 114 cm³/mol. The molecule has 1 aliphatic heterocycles. The minimum absolute atomic E-state index is 0.0206. The van der Waals surface area contributed by atoms with Gasteiger partial charge in [0.05, 0.1) is 17.7 Å². The minimum atomic E-state index is -0.318. The number of benzene rings is 2. The molecule has 2 amide bonds. The van der Waals surface area contributed by atoms with Crippen molar-refractivity contribution in [2.24, 2.45) is 5.92 Å². The molecule has 0 aromatic heterocycles. The maximum Gasteiger partial charge on any atom is 0.227 e. The lowest BCUT2D eigenvalue weighted by molar-refractivity contribution is -0.126. The molecule has 0 aliphatic carbocycles. The van der Waals surface area contributed by atoms with Gasteiger partial charge >= 0.3 is 0 Å². The topological polar surface area (TPSA) is 58.6 Å². The molecular formula is C22H25BrN2O3. The largest absolute Gasteiger partial charge is 0.491 e. The average Bonchev–Trinajstić information content (AvgIpc) is 3.05. The standard InChI is InChI=1S/C22H25BrN2O3/c1-15(2)28-18-9-7-16(8-10-18)11-12-24-22(27)17-13-21(26)25(14-17)20-6-4-3-5-19(20)23/h3-10,15,17H,11-14H2,1-2H3,(H,24,27). The van der Waals surface area contributed by atoms with Crippen molar-refractivity contribution in [3.05, 3.63) is 58.6 Å². The van der Waals surface area contributed by atoms with Crippen LogP contribution < -0.4 is 15.0 Å². The normalized spacial score (nSPS) is 16.5. The minimum Gasteiger partial charge on any atom is -0.491 e. The molecule has 28 heavy (non-hydrogen) atoms. The van der Waals surface area contributed by atoms with Crippen molar-refractivity contribution in [3.8, 4) is 5.75 Å². The van der Waals surface area contributed by atoms with Crippen molar-refractivity contribution in [1.82, 2.24) is 5.32 Å². The molecule has 3 rings (SSSR count). The first-order valence-corrected chi connectivity index (χ1v) is 10.3. The van der Waals surface area contributed by atoms with Crippen molar-refractivity contribution in [2.45, 2.75) is 32.8 Å². The molecular weight excluding hydrogens is 420 g/mol. The zero-order valence-corrected chi connectivity index (χ0v) is 17.7. The van der Waals surface area contributed by atoms with Crippen LogP contribution in [0.5, 0.6) is 5.75 Å². The Balaban J connectivity index is 1.49. The number of nitrogens with zero attached hydrogens (tertiary/aromatic N) is 1. The van der Waals surface area contributed by atoms with Gasteiger partial charge in [-0.25, -0.2) is 0 Å². The van der Waals surface area contributed by atoms with E-state index in [0.29, 0.717) is 13.1 Å². The Hall–Kier alpha value is -2.34. The van der Waals surface area contributed by atoms with E-state index in [1.54, 1.807) is 4.90 Å². The van der Waals surface area contributed by atoms with Gasteiger partial charge in [-0.3, -0.25) is 9.59 Å². The summed E-state index contributed by atoms with van der Waals surface area (Å²) in [6.07, 6.45) is 1.13. The number of rotatable bonds is 7. The van der Waals surface area contributed by atoms with Crippen LogP contribution in [0.1, 0.15) is 25.8 Å². The van der Waals surface area contributed by atoms with E-state index in [2.05, 4.69) is 21.2 Å². The van der Waals surface area contributed by atoms with Gasteiger partial charge in [0.2, 0.25) is 11.8 Å². The molecule has 1 saturated heterocycles. The maximum absolute atomic E-state index is 12.5. The monoisotopic (exact) mass is 444 g/mol. The van der Waals surface area contributed by atoms with E-state index < -0.39 is 0 Å². The van der Waals surface area contributed by atoms with Crippen LogP contribution in [0.3, 0.4) is 0 Å². The molecule has 0 spiro atoms. The second-order valence-electron chi connectivity index (χ2n) is 7.21. The van der Waals surface area contributed by atoms with Gasteiger partial charge in [0.15, 0.2) is 0 Å². The summed E-state index contributed by atoms with van der Waals surface area (Å²) in [6, 6.07) is 15.5. The number of nitrogens with one attached hydrogen (secondary N) is 1. The number of ether oxygens (including phenoxy) is 1. The van der Waals surface area contributed by atoms with E-state index in [1.165, 1.54) is 0 Å². The quantitative estimate of drug-likeness (QED) is 0.703. The molecule has 5 nitrogen and oxygen atoms in total. The molecule has 2 aromatic rings. The number of anilines is 1. The molecule has 1 atom stereocenters. The van der Waals surface area contributed by atoms with Crippen molar-refractivity contribution < 1.29 is 14.3 Å². The highest BCUT2D eigenvalue weighted by Crippen LogP contribution is 2.31. The maximum atomic E-state index is 12.5. The Morgan fingerprint density at radius 1 is 1.21 bits per heavy atom. The lowest BCUT2D eigenvalue weighted by atomic mass is 10.1. The van der Waals surface area contributed by atoms with Crippen LogP contribution in [0.25, 0.3) is 0 Å². The molecule has 6 heteroatoms. The predicted octanol–water partition coefficient (Wildman–Crippen LogP) is 3.95. The van der Waals surface area contributed by atoms with Crippen LogP contribution in [0, 0.1) is 5.92 Å². The van der Waals surface area contributed by atoms with E-state index in [0.717, 1.165) is 27.9 Å². The summed E-state index contributed by atoms with van der Waals surface area (Å²) in [6.45, 7) is 4.95. The van der Waals surface area contributed by atoms with Gasteiger partial charge in [-0.05, 0) is 66.0 Å². The number of hydrogen-bond acceptors (Lipinski definition) is 3. The van der Waals surface area contributed by atoms with E-state index in [1.807, 2.05) is 62.4 Å². The van der Waals surface area contributed by atoms with Crippen molar-refractivity contribution in [3.63, 3.8) is 0 Å². The molecule has 1 aliphatic rings. The zero-order valence-electron chi connectivity index (χ0n) is 16.2. The number of carbonyl (C=O) groups excluding carboxylic acids is 2. The molecule has 0 saturated carbocycles. The van der Waals surface area contributed by atoms with E-state index >= 15 is 0 Å². The van der Waals surface area contributed by atoms with Gasteiger partial charge in [-0.15, -0.1) is 0 Å². The molecule has 0 bridgehead atoms. The lowest BCUT2D eigenvalue weighted by Gasteiger charge is -2.18. The van der Waals surface area contributed by atoms with Crippen LogP contribution in [0.4, 0.5) is 5.69 Å². The first-order valence-electron chi connectivity index (χ1n) is 9.52. The summed E-state index contributed by atoms with van der Waals surface area (Å²) in [7, 11) is 0. The molecule has 148 valence electrons. The fourth-order valence-corrected chi connectivity index (χ4v) is 3.77. The highest BCUT2D eigenvalue weighted by Gasteiger charge is 2.35. The summed E-state index contributed by atoms with van der Waals surface area (Å²) < 4.78 is 6.49. The summed E-state index contributed by atoms with van der Waals surface area (Å²) in [4.78, 5) is 26.5. The van der Waals surface area contributed by atoms with Crippen molar-refractivity contribution in [2.75, 3.05) is 18.0 Å². The Kier molecular flexibility index (Phi) is 6.73. The molecule has 0 radical (unpaired) electrons. The third-order valence-corrected chi connectivity index (χ3v) is 5.32. The Labute approximate surface area is 174 Å². The second-order valence-corrected chi connectivity index (χ2v) is 8.06. The SMILES string of the molecule is CC(C)Oc1ccc(CCNC(=O)C2CC(=O)N(c3ccccc3Br)C2)cc1. The van der Waals surface area contributed by atoms with Gasteiger partial charge in [-0.2, -0.15) is 0 Å². The van der Waals surface area contributed by atoms with Crippen LogP contribution in [0.2, 0.25) is 0 Å². The average molecular weight is 445 g/mol. The molecule has 1 N–H and O–H groups in total. The Morgan fingerprint density at radius 3 is 2.61 bits per heavy atom. The Morgan fingerprint density at radius 2 is 1.93 bits per heavy atom. The van der Waals surface area contributed by atoms with Crippen LogP contribution in [-0.2, 0) is 16.0 Å². The van der Waals surface area contributed by atoms with Gasteiger partial charge in [-0.1, -0.05) is 24.3 Å². The summed E-state index contributed by atoms with van der Waals surface area (Å²) >= 11 is 3.47. The first kappa shape index (κ1) is 20.4. The number of para-hydroxylation sites is 1. The number of hydrogen-bond donors (Lipinski definition) is 1. The van der Waals surface area contributed by atoms with Crippen LogP contribution >= 0.6 is 15.9 Å². The fraction of sp³-hybridized carbons (Fsp3) is 0.364. The second kappa shape index (κ2) is 9.24. The van der Waals surface area contributed by atoms with Crippen LogP contribution in [0.15, 0.2) is 53.0 Å². The third kappa shape index (κ3) is 5.13. The highest BCUT2D eigenvalue weighted by molar-refractivity contribution is 9.10. The van der Waals surface area contributed by atoms with Gasteiger partial charge in [0.25, 0.3) is 0 Å². The van der Waals surface area contributed by atoms with Gasteiger partial charge < -0.3 is 15.0 Å². The zero-order chi connectivity index (χ0) is 20.1. The van der Waals surface area contributed by atoms with Gasteiger partial charge in [0.1, 0.15) is 5.75 Å². The van der Waals surface area contributed by atoms with E-state index in [-0.39, 0.29) is 30.3 Å². The summed E-state index contributed by atoms with van der Waals surface area (Å²) in [5, 5.41) is 2.97. The third-order valence-electron chi connectivity index (χ3n) is 4.65. The number of carbonyl (C=O) groups is 2. The molecule has 1 fully saturated rings. The number of halogens is 1. The smallest absolute Gasteiger partial charge is 0.227 e. The van der Waals surface area contributed by atoms with Gasteiger partial charge in [0, 0.05) is 24.0 Å². The summed E-state index contributed by atoms with van der Waals surface area (Å²) in [5.74, 6) is 0.441. The van der Waals surface area contributed by atoms with Crippen LogP contribution in [-0.4, -0.2) is 31.0 Å². The molecule has 1 unspecified atom stereocenters. The lowest BCUT2D eigenvalue weighted by Crippen LogP contribution is -2.34. The molecule has 1 heterocycles. The van der Waals surface area contributed by atoms with Crippen molar-refractivity contribution >= 4 is 33.4 Å². The number of amides is 2. The van der Waals surface area contributed by atoms with E-state index in [4.69, 9.17) is 4.74 Å². The van der Waals surface area contributed by atoms with Crippen molar-refractivity contribution in [1.29, 1.82) is 0 Å². The Bertz CT molecular complexity index is 836. The highest BCUT2D eigenvalue weighted by atomic mass is 79.9. The first-order chi connectivity index (χ1) is 13.4. The fourth-order valence-electron chi connectivity index (χ4n) is 3.27.